The Morgan fingerprint density at radius 3 is 2.38 bits per heavy atom. The van der Waals surface area contributed by atoms with Gasteiger partial charge in [-0.05, 0) is 56.4 Å². The molecule has 0 saturated carbocycles. The molecule has 2 N–H and O–H groups in total. The van der Waals surface area contributed by atoms with Crippen LogP contribution in [0, 0.1) is 13.8 Å². The summed E-state index contributed by atoms with van der Waals surface area (Å²) in [6, 6.07) is 10.3. The van der Waals surface area contributed by atoms with E-state index in [9.17, 15) is 13.2 Å². The second-order valence-corrected chi connectivity index (χ2v) is 8.81. The van der Waals surface area contributed by atoms with Gasteiger partial charge in [0.05, 0.1) is 10.6 Å². The van der Waals surface area contributed by atoms with Crippen LogP contribution in [0.5, 0.6) is 0 Å². The highest BCUT2D eigenvalue weighted by Crippen LogP contribution is 2.29. The summed E-state index contributed by atoms with van der Waals surface area (Å²) in [5, 5.41) is 2.69. The number of aryl methyl sites for hydroxylation is 2. The van der Waals surface area contributed by atoms with Crippen molar-refractivity contribution < 1.29 is 13.2 Å². The molecular weight excluding hydrogens is 368 g/mol. The van der Waals surface area contributed by atoms with E-state index in [1.165, 1.54) is 24.8 Å². The normalized spacial score (nSPS) is 12.7. The van der Waals surface area contributed by atoms with Crippen LogP contribution in [-0.2, 0) is 14.8 Å². The third-order valence-corrected chi connectivity index (χ3v) is 6.35. The maximum Gasteiger partial charge on any atom is 0.241 e. The number of anilines is 1. The number of amides is 1. The van der Waals surface area contributed by atoms with Gasteiger partial charge in [-0.3, -0.25) is 4.79 Å². The molecule has 2 aromatic carbocycles. The van der Waals surface area contributed by atoms with E-state index in [1.54, 1.807) is 12.1 Å². The molecule has 26 heavy (non-hydrogen) atoms. The van der Waals surface area contributed by atoms with E-state index < -0.39 is 10.0 Å². The lowest BCUT2D eigenvalue weighted by Gasteiger charge is -2.18. The van der Waals surface area contributed by atoms with Crippen molar-refractivity contribution in [2.24, 2.45) is 0 Å². The summed E-state index contributed by atoms with van der Waals surface area (Å²) in [6.45, 7) is 7.18. The van der Waals surface area contributed by atoms with Crippen LogP contribution < -0.4 is 10.0 Å². The van der Waals surface area contributed by atoms with Crippen molar-refractivity contribution >= 4 is 33.4 Å². The molecule has 0 aromatic heterocycles. The van der Waals surface area contributed by atoms with E-state index in [2.05, 4.69) is 10.0 Å². The largest absolute Gasteiger partial charge is 0.325 e. The summed E-state index contributed by atoms with van der Waals surface area (Å²) in [7, 11) is -3.73. The topological polar surface area (TPSA) is 75.3 Å². The summed E-state index contributed by atoms with van der Waals surface area (Å²) in [6.07, 6.45) is 1.87. The van der Waals surface area contributed by atoms with Gasteiger partial charge in [0.25, 0.3) is 0 Å². The van der Waals surface area contributed by atoms with Gasteiger partial charge in [-0.25, -0.2) is 13.1 Å². The van der Waals surface area contributed by atoms with Crippen molar-refractivity contribution in [3.63, 3.8) is 0 Å². The Labute approximate surface area is 159 Å². The van der Waals surface area contributed by atoms with E-state index in [0.717, 1.165) is 21.6 Å². The Bertz CT molecular complexity index is 924. The maximum absolute atomic E-state index is 12.8. The van der Waals surface area contributed by atoms with Crippen molar-refractivity contribution in [1.29, 1.82) is 0 Å². The fourth-order valence-electron chi connectivity index (χ4n) is 2.82. The van der Waals surface area contributed by atoms with Gasteiger partial charge in [0.1, 0.15) is 0 Å². The molecule has 0 fully saturated rings. The fraction of sp³-hybridized carbons (Fsp3) is 0.316. The molecular formula is C19H24N2O3S2. The number of hydrogen-bond donors (Lipinski definition) is 2. The van der Waals surface area contributed by atoms with E-state index in [-0.39, 0.29) is 16.8 Å². The van der Waals surface area contributed by atoms with Gasteiger partial charge >= 0.3 is 0 Å². The summed E-state index contributed by atoms with van der Waals surface area (Å²) in [5.74, 6) is -0.244. The third kappa shape index (κ3) is 4.87. The minimum absolute atomic E-state index is 0.121. The number of thioether (sulfide) groups is 1. The summed E-state index contributed by atoms with van der Waals surface area (Å²) < 4.78 is 28.3. The second-order valence-electron chi connectivity index (χ2n) is 6.25. The summed E-state index contributed by atoms with van der Waals surface area (Å²) in [4.78, 5) is 12.3. The third-order valence-electron chi connectivity index (χ3n) is 4.02. The van der Waals surface area contributed by atoms with Crippen molar-refractivity contribution in [3.8, 4) is 0 Å². The highest BCUT2D eigenvalue weighted by Gasteiger charge is 2.21. The van der Waals surface area contributed by atoms with Gasteiger partial charge in [-0.1, -0.05) is 23.8 Å². The lowest BCUT2D eigenvalue weighted by molar-refractivity contribution is -0.114. The van der Waals surface area contributed by atoms with E-state index in [1.807, 2.05) is 45.2 Å². The molecule has 0 spiro atoms. The first-order valence-corrected chi connectivity index (χ1v) is 10.9. The Balaban J connectivity index is 2.33. The first-order valence-electron chi connectivity index (χ1n) is 8.19. The average molecular weight is 393 g/mol. The van der Waals surface area contributed by atoms with Crippen LogP contribution in [0.4, 0.5) is 5.69 Å². The number of hydrogen-bond acceptors (Lipinski definition) is 4. The maximum atomic E-state index is 12.8. The number of nitrogens with one attached hydrogen (secondary N) is 2. The smallest absolute Gasteiger partial charge is 0.241 e. The highest BCUT2D eigenvalue weighted by molar-refractivity contribution is 7.98. The van der Waals surface area contributed by atoms with E-state index in [4.69, 9.17) is 0 Å². The number of carbonyl (C=O) groups excluding carboxylic acids is 1. The molecule has 0 heterocycles. The number of rotatable bonds is 6. The summed E-state index contributed by atoms with van der Waals surface area (Å²) >= 11 is 1.44. The van der Waals surface area contributed by atoms with Gasteiger partial charge in [0, 0.05) is 17.9 Å². The Hall–Kier alpha value is -1.83. The number of carbonyl (C=O) groups is 1. The van der Waals surface area contributed by atoms with Crippen molar-refractivity contribution in [2.45, 2.75) is 43.5 Å². The molecule has 7 heteroatoms. The predicted octanol–water partition coefficient (Wildman–Crippen LogP) is 4.02. The van der Waals surface area contributed by atoms with Crippen LogP contribution in [0.2, 0.25) is 0 Å². The zero-order valence-electron chi connectivity index (χ0n) is 15.6. The van der Waals surface area contributed by atoms with Gasteiger partial charge in [-0.15, -0.1) is 11.8 Å². The molecule has 0 radical (unpaired) electrons. The molecule has 140 valence electrons. The lowest BCUT2D eigenvalue weighted by Crippen LogP contribution is -2.27. The second kappa shape index (κ2) is 8.24. The van der Waals surface area contributed by atoms with E-state index >= 15 is 0 Å². The average Bonchev–Trinajstić information content (AvgIpc) is 2.53. The molecule has 2 aromatic rings. The predicted molar refractivity (Wildman–Crippen MR) is 107 cm³/mol. The number of benzene rings is 2. The summed E-state index contributed by atoms with van der Waals surface area (Å²) in [5.41, 5.74) is 3.60. The van der Waals surface area contributed by atoms with Crippen LogP contribution in [-0.4, -0.2) is 20.6 Å². The van der Waals surface area contributed by atoms with Crippen molar-refractivity contribution in [1.82, 2.24) is 4.72 Å². The molecule has 5 nitrogen and oxygen atoms in total. The molecule has 1 atom stereocenters. The molecule has 2 rings (SSSR count). The lowest BCUT2D eigenvalue weighted by atomic mass is 10.0. The SMILES string of the molecule is CSc1ccc(S(=O)(=O)N[C@@H](C)c2ccc(C)cc2C)cc1NC(C)=O. The molecule has 0 unspecified atom stereocenters. The Morgan fingerprint density at radius 2 is 1.81 bits per heavy atom. The van der Waals surface area contributed by atoms with Gasteiger partial charge < -0.3 is 5.32 Å². The van der Waals surface area contributed by atoms with Gasteiger partial charge in [-0.2, -0.15) is 0 Å². The van der Waals surface area contributed by atoms with E-state index in [0.29, 0.717) is 5.69 Å². The monoisotopic (exact) mass is 392 g/mol. The first kappa shape index (κ1) is 20.5. The first-order chi connectivity index (χ1) is 12.1. The minimum atomic E-state index is -3.73. The zero-order valence-corrected chi connectivity index (χ0v) is 17.2. The molecule has 1 amide bonds. The molecule has 0 aliphatic rings. The fourth-order valence-corrected chi connectivity index (χ4v) is 4.60. The Morgan fingerprint density at radius 1 is 1.12 bits per heavy atom. The quantitative estimate of drug-likeness (QED) is 0.728. The number of sulfonamides is 1. The highest BCUT2D eigenvalue weighted by atomic mass is 32.2. The van der Waals surface area contributed by atoms with Crippen LogP contribution in [0.15, 0.2) is 46.2 Å². The van der Waals surface area contributed by atoms with Crippen LogP contribution in [0.1, 0.15) is 36.6 Å². The zero-order chi connectivity index (χ0) is 19.5. The van der Waals surface area contributed by atoms with Crippen molar-refractivity contribution in [2.75, 3.05) is 11.6 Å². The molecule has 0 aliphatic carbocycles. The standard InChI is InChI=1S/C19H24N2O3S2/c1-12-6-8-17(13(2)10-12)14(3)21-26(23,24)16-7-9-19(25-5)18(11-16)20-15(4)22/h6-11,14,21H,1-5H3,(H,20,22)/t14-/m0/s1. The van der Waals surface area contributed by atoms with Gasteiger partial charge in [0.15, 0.2) is 0 Å². The van der Waals surface area contributed by atoms with Gasteiger partial charge in [0.2, 0.25) is 15.9 Å². The minimum Gasteiger partial charge on any atom is -0.325 e. The molecule has 0 aliphatic heterocycles. The van der Waals surface area contributed by atoms with Crippen LogP contribution >= 0.6 is 11.8 Å². The van der Waals surface area contributed by atoms with Crippen LogP contribution in [0.3, 0.4) is 0 Å². The van der Waals surface area contributed by atoms with Crippen molar-refractivity contribution in [3.05, 3.63) is 53.1 Å². The Kier molecular flexibility index (Phi) is 6.49. The van der Waals surface area contributed by atoms with Crippen LogP contribution in [0.25, 0.3) is 0 Å². The molecule has 0 bridgehead atoms. The molecule has 0 saturated heterocycles.